The second-order valence-corrected chi connectivity index (χ2v) is 8.91. The van der Waals surface area contributed by atoms with Crippen LogP contribution in [0.4, 0.5) is 10.5 Å². The number of likely N-dealkylation sites (tertiary alicyclic amines) is 2. The summed E-state index contributed by atoms with van der Waals surface area (Å²) in [7, 11) is 0. The molecule has 1 aromatic carbocycles. The molecule has 0 bridgehead atoms. The van der Waals surface area contributed by atoms with Crippen LogP contribution in [-0.2, 0) is 0 Å². The molecule has 4 rings (SSSR count). The number of hydrogen-bond donors (Lipinski definition) is 1. The fraction of sp³-hybridized carbons (Fsp3) is 0.538. The molecule has 1 N–H and O–H groups in total. The van der Waals surface area contributed by atoms with Gasteiger partial charge in [0.2, 0.25) is 0 Å². The lowest BCUT2D eigenvalue weighted by atomic mass is 9.99. The number of rotatable bonds is 8. The molecule has 178 valence electrons. The number of nitrogens with one attached hydrogen (secondary N) is 1. The molecule has 7 heteroatoms. The van der Waals surface area contributed by atoms with Crippen LogP contribution in [0.15, 0.2) is 48.8 Å². The summed E-state index contributed by atoms with van der Waals surface area (Å²) in [5, 5.41) is 3.03. The Bertz CT molecular complexity index is 846. The van der Waals surface area contributed by atoms with Crippen molar-refractivity contribution < 1.29 is 14.3 Å². The lowest BCUT2D eigenvalue weighted by Gasteiger charge is -2.41. The first kappa shape index (κ1) is 23.4. The molecule has 0 radical (unpaired) electrons. The molecule has 2 saturated heterocycles. The van der Waals surface area contributed by atoms with Crippen LogP contribution in [0.3, 0.4) is 0 Å². The fourth-order valence-corrected chi connectivity index (χ4v) is 4.57. The van der Waals surface area contributed by atoms with Gasteiger partial charge < -0.3 is 19.7 Å². The Labute approximate surface area is 197 Å². The van der Waals surface area contributed by atoms with E-state index in [1.165, 1.54) is 0 Å². The number of unbranched alkanes of at least 4 members (excludes halogenated alkanes) is 1. The lowest BCUT2D eigenvalue weighted by Crippen LogP contribution is -2.50. The van der Waals surface area contributed by atoms with Gasteiger partial charge in [0.15, 0.2) is 0 Å². The number of anilines is 1. The van der Waals surface area contributed by atoms with Crippen molar-refractivity contribution in [3.63, 3.8) is 0 Å². The molecule has 2 aliphatic heterocycles. The first-order chi connectivity index (χ1) is 16.2. The van der Waals surface area contributed by atoms with Crippen LogP contribution < -0.4 is 14.8 Å². The third-order valence-electron chi connectivity index (χ3n) is 6.57. The number of piperidine rings is 2. The van der Waals surface area contributed by atoms with Gasteiger partial charge in [-0.1, -0.05) is 13.3 Å². The highest BCUT2D eigenvalue weighted by molar-refractivity contribution is 5.89. The third-order valence-corrected chi connectivity index (χ3v) is 6.57. The maximum Gasteiger partial charge on any atom is 0.321 e. The molecule has 2 aromatic rings. The number of hydrogen-bond acceptors (Lipinski definition) is 5. The van der Waals surface area contributed by atoms with Crippen molar-refractivity contribution in [1.82, 2.24) is 14.8 Å². The number of carbonyl (C=O) groups excluding carboxylic acids is 1. The summed E-state index contributed by atoms with van der Waals surface area (Å²) in [6.07, 6.45) is 10.1. The predicted octanol–water partition coefficient (Wildman–Crippen LogP) is 4.80. The van der Waals surface area contributed by atoms with Crippen LogP contribution in [0.2, 0.25) is 0 Å². The van der Waals surface area contributed by atoms with E-state index in [-0.39, 0.29) is 12.1 Å². The Morgan fingerprint density at radius 1 is 0.970 bits per heavy atom. The van der Waals surface area contributed by atoms with E-state index < -0.39 is 0 Å². The van der Waals surface area contributed by atoms with E-state index in [1.54, 1.807) is 12.4 Å². The Morgan fingerprint density at radius 2 is 1.67 bits per heavy atom. The predicted molar refractivity (Wildman–Crippen MR) is 130 cm³/mol. The minimum Gasteiger partial charge on any atom is -0.494 e. The number of nitrogens with zero attached hydrogens (tertiary/aromatic N) is 3. The van der Waals surface area contributed by atoms with Crippen LogP contribution >= 0.6 is 0 Å². The lowest BCUT2D eigenvalue weighted by molar-refractivity contribution is 0.0545. The van der Waals surface area contributed by atoms with Crippen molar-refractivity contribution in [2.75, 3.05) is 38.1 Å². The number of carbonyl (C=O) groups is 1. The average Bonchev–Trinajstić information content (AvgIpc) is 2.86. The average molecular weight is 453 g/mol. The molecule has 0 spiro atoms. The van der Waals surface area contributed by atoms with Crippen molar-refractivity contribution in [3.05, 3.63) is 48.8 Å². The Morgan fingerprint density at radius 3 is 2.33 bits per heavy atom. The first-order valence-electron chi connectivity index (χ1n) is 12.3. The number of urea groups is 1. The van der Waals surface area contributed by atoms with E-state index in [4.69, 9.17) is 9.47 Å². The third kappa shape index (κ3) is 6.84. The van der Waals surface area contributed by atoms with E-state index in [1.807, 2.05) is 41.3 Å². The number of aromatic nitrogens is 1. The summed E-state index contributed by atoms with van der Waals surface area (Å²) in [4.78, 5) is 21.3. The maximum atomic E-state index is 12.7. The molecule has 3 heterocycles. The zero-order valence-corrected chi connectivity index (χ0v) is 19.6. The van der Waals surface area contributed by atoms with E-state index in [2.05, 4.69) is 22.1 Å². The van der Waals surface area contributed by atoms with E-state index in [9.17, 15) is 4.79 Å². The van der Waals surface area contributed by atoms with E-state index >= 15 is 0 Å². The largest absolute Gasteiger partial charge is 0.494 e. The van der Waals surface area contributed by atoms with Gasteiger partial charge in [-0.25, -0.2) is 4.79 Å². The zero-order valence-electron chi connectivity index (χ0n) is 19.6. The zero-order chi connectivity index (χ0) is 22.9. The number of benzene rings is 1. The molecule has 0 aliphatic carbocycles. The molecule has 2 amide bonds. The number of pyridine rings is 1. The van der Waals surface area contributed by atoms with Crippen molar-refractivity contribution >= 4 is 11.7 Å². The molecule has 0 saturated carbocycles. The normalized spacial score (nSPS) is 18.2. The highest BCUT2D eigenvalue weighted by Crippen LogP contribution is 2.24. The van der Waals surface area contributed by atoms with Gasteiger partial charge in [0.05, 0.1) is 6.61 Å². The molecule has 2 fully saturated rings. The summed E-state index contributed by atoms with van der Waals surface area (Å²) >= 11 is 0. The molecular formula is C26H36N4O3. The van der Waals surface area contributed by atoms with E-state index in [0.29, 0.717) is 6.04 Å². The highest BCUT2D eigenvalue weighted by atomic mass is 16.5. The molecule has 0 atom stereocenters. The second-order valence-electron chi connectivity index (χ2n) is 8.91. The van der Waals surface area contributed by atoms with Crippen LogP contribution in [0.5, 0.6) is 11.5 Å². The smallest absolute Gasteiger partial charge is 0.321 e. The van der Waals surface area contributed by atoms with E-state index in [0.717, 1.165) is 88.5 Å². The van der Waals surface area contributed by atoms with Gasteiger partial charge >= 0.3 is 6.03 Å². The summed E-state index contributed by atoms with van der Waals surface area (Å²) in [6.45, 7) is 6.57. The second kappa shape index (κ2) is 11.9. The summed E-state index contributed by atoms with van der Waals surface area (Å²) in [5.74, 6) is 1.75. The Kier molecular flexibility index (Phi) is 8.41. The van der Waals surface area contributed by atoms with Crippen molar-refractivity contribution in [2.45, 2.75) is 57.6 Å². The number of ether oxygens (including phenoxy) is 2. The van der Waals surface area contributed by atoms with Gasteiger partial charge in [-0.2, -0.15) is 0 Å². The molecule has 2 aliphatic rings. The Balaban J connectivity index is 1.16. The SMILES string of the molecule is CCCCOc1ccc(NC(=O)N2CCC(N3CCC(Oc4ccncc4)CC3)CC2)cc1. The van der Waals surface area contributed by atoms with Gasteiger partial charge in [0.1, 0.15) is 17.6 Å². The van der Waals surface area contributed by atoms with Gasteiger partial charge in [0.25, 0.3) is 0 Å². The highest BCUT2D eigenvalue weighted by Gasteiger charge is 2.30. The van der Waals surface area contributed by atoms with Crippen LogP contribution in [0, 0.1) is 0 Å². The molecule has 1 aromatic heterocycles. The van der Waals surface area contributed by atoms with Gasteiger partial charge in [0, 0.05) is 50.3 Å². The maximum absolute atomic E-state index is 12.7. The van der Waals surface area contributed by atoms with Crippen LogP contribution in [0.25, 0.3) is 0 Å². The fourth-order valence-electron chi connectivity index (χ4n) is 4.57. The molecule has 0 unspecified atom stereocenters. The molecular weight excluding hydrogens is 416 g/mol. The van der Waals surface area contributed by atoms with Crippen LogP contribution in [0.1, 0.15) is 45.4 Å². The minimum atomic E-state index is -0.0161. The summed E-state index contributed by atoms with van der Waals surface area (Å²) in [5.41, 5.74) is 0.807. The van der Waals surface area contributed by atoms with Gasteiger partial charge in [-0.3, -0.25) is 9.88 Å². The standard InChI is InChI=1S/C26H36N4O3/c1-2-3-20-32-23-6-4-21(5-7-23)28-26(31)30-16-10-22(11-17-30)29-18-12-25(13-19-29)33-24-8-14-27-15-9-24/h4-9,14-15,22,25H,2-3,10-13,16-20H2,1H3,(H,28,31). The topological polar surface area (TPSA) is 66.9 Å². The quantitative estimate of drug-likeness (QED) is 0.583. The van der Waals surface area contributed by atoms with Crippen molar-refractivity contribution in [3.8, 4) is 11.5 Å². The summed E-state index contributed by atoms with van der Waals surface area (Å²) < 4.78 is 11.8. The van der Waals surface area contributed by atoms with Gasteiger partial charge in [-0.05, 0) is 68.5 Å². The van der Waals surface area contributed by atoms with Crippen molar-refractivity contribution in [1.29, 1.82) is 0 Å². The number of amides is 2. The molecule has 7 nitrogen and oxygen atoms in total. The minimum absolute atomic E-state index is 0.0161. The molecule has 33 heavy (non-hydrogen) atoms. The Hall–Kier alpha value is -2.80. The monoisotopic (exact) mass is 452 g/mol. The van der Waals surface area contributed by atoms with Gasteiger partial charge in [-0.15, -0.1) is 0 Å². The van der Waals surface area contributed by atoms with Crippen molar-refractivity contribution in [2.24, 2.45) is 0 Å². The van der Waals surface area contributed by atoms with Crippen LogP contribution in [-0.4, -0.2) is 65.7 Å². The summed E-state index contributed by atoms with van der Waals surface area (Å²) in [6, 6.07) is 12.0. The first-order valence-corrected chi connectivity index (χ1v) is 12.3.